The van der Waals surface area contributed by atoms with E-state index >= 15 is 0 Å². The lowest BCUT2D eigenvalue weighted by Crippen LogP contribution is -2.03. The summed E-state index contributed by atoms with van der Waals surface area (Å²) in [4.78, 5) is 4.46. The van der Waals surface area contributed by atoms with Gasteiger partial charge in [0.2, 0.25) is 5.89 Å². The van der Waals surface area contributed by atoms with Gasteiger partial charge in [-0.05, 0) is 31.5 Å². The third-order valence-electron chi connectivity index (χ3n) is 4.32. The Morgan fingerprint density at radius 1 is 0.926 bits per heavy atom. The van der Waals surface area contributed by atoms with Gasteiger partial charge in [0, 0.05) is 12.1 Å². The van der Waals surface area contributed by atoms with Gasteiger partial charge in [0.1, 0.15) is 11.6 Å². The topological polar surface area (TPSA) is 56.7 Å². The first kappa shape index (κ1) is 17.5. The van der Waals surface area contributed by atoms with Crippen molar-refractivity contribution < 1.29 is 4.42 Å². The number of hydrogen-bond donors (Lipinski definition) is 0. The Labute approximate surface area is 162 Å². The monoisotopic (exact) mass is 376 g/mol. The van der Waals surface area contributed by atoms with Crippen molar-refractivity contribution in [3.63, 3.8) is 0 Å². The molecule has 4 aromatic rings. The third-order valence-corrected chi connectivity index (χ3v) is 5.23. The minimum atomic E-state index is 0.616. The highest BCUT2D eigenvalue weighted by Gasteiger charge is 2.16. The second-order valence-corrected chi connectivity index (χ2v) is 7.21. The minimum absolute atomic E-state index is 0.616. The molecule has 0 atom stereocenters. The normalized spacial score (nSPS) is 11.0. The van der Waals surface area contributed by atoms with Crippen LogP contribution in [0, 0.1) is 13.8 Å². The maximum absolute atomic E-state index is 5.69. The Balaban J connectivity index is 1.64. The van der Waals surface area contributed by atoms with Crippen LogP contribution in [0.15, 0.2) is 70.2 Å². The molecular formula is C21H20N4OS. The van der Waals surface area contributed by atoms with Crippen molar-refractivity contribution in [3.8, 4) is 5.69 Å². The Kier molecular flexibility index (Phi) is 5.07. The van der Waals surface area contributed by atoms with Gasteiger partial charge in [0.25, 0.3) is 0 Å². The molecule has 27 heavy (non-hydrogen) atoms. The molecule has 0 aliphatic rings. The van der Waals surface area contributed by atoms with Gasteiger partial charge in [0.05, 0.1) is 11.4 Å². The molecule has 5 nitrogen and oxygen atoms in total. The average Bonchev–Trinajstić information content (AvgIpc) is 3.24. The zero-order valence-electron chi connectivity index (χ0n) is 15.3. The molecule has 0 fully saturated rings. The lowest BCUT2D eigenvalue weighted by Gasteiger charge is -2.10. The van der Waals surface area contributed by atoms with Crippen LogP contribution in [0.3, 0.4) is 0 Å². The quantitative estimate of drug-likeness (QED) is 0.454. The standard InChI is InChI=1S/C21H20N4OS/c1-15-16(2)26-20(22-15)14-27-21-24-23-19(13-17-9-5-3-6-10-17)25(21)18-11-7-4-8-12-18/h3-12H,13-14H2,1-2H3. The molecule has 0 aliphatic heterocycles. The highest BCUT2D eigenvalue weighted by atomic mass is 32.2. The highest BCUT2D eigenvalue weighted by Crippen LogP contribution is 2.26. The fraction of sp³-hybridized carbons (Fsp3) is 0.190. The smallest absolute Gasteiger partial charge is 0.205 e. The summed E-state index contributed by atoms with van der Waals surface area (Å²) in [6.07, 6.45) is 0.723. The van der Waals surface area contributed by atoms with E-state index in [0.717, 1.165) is 34.5 Å². The van der Waals surface area contributed by atoms with Crippen molar-refractivity contribution in [2.24, 2.45) is 0 Å². The predicted octanol–water partition coefficient (Wildman–Crippen LogP) is 4.76. The molecule has 0 aliphatic carbocycles. The molecule has 4 rings (SSSR count). The Morgan fingerprint density at radius 2 is 1.63 bits per heavy atom. The largest absolute Gasteiger partial charge is 0.445 e. The van der Waals surface area contributed by atoms with Crippen LogP contribution in [-0.4, -0.2) is 19.7 Å². The number of hydrogen-bond acceptors (Lipinski definition) is 5. The summed E-state index contributed by atoms with van der Waals surface area (Å²) in [6, 6.07) is 20.5. The molecule has 2 heterocycles. The van der Waals surface area contributed by atoms with E-state index in [4.69, 9.17) is 4.42 Å². The molecule has 2 aromatic carbocycles. The van der Waals surface area contributed by atoms with Crippen LogP contribution in [0.25, 0.3) is 5.69 Å². The number of oxazole rings is 1. The molecule has 6 heteroatoms. The Hall–Kier alpha value is -2.86. The summed E-state index contributed by atoms with van der Waals surface area (Å²) in [5.41, 5.74) is 3.19. The molecule has 0 radical (unpaired) electrons. The van der Waals surface area contributed by atoms with Gasteiger partial charge >= 0.3 is 0 Å². The van der Waals surface area contributed by atoms with Gasteiger partial charge in [-0.15, -0.1) is 10.2 Å². The van der Waals surface area contributed by atoms with E-state index in [1.807, 2.05) is 50.2 Å². The first-order valence-corrected chi connectivity index (χ1v) is 9.78. The molecule has 0 saturated heterocycles. The molecule has 0 spiro atoms. The molecule has 0 unspecified atom stereocenters. The third kappa shape index (κ3) is 3.95. The molecule has 0 bridgehead atoms. The summed E-state index contributed by atoms with van der Waals surface area (Å²) < 4.78 is 7.81. The second kappa shape index (κ2) is 7.80. The molecule has 0 amide bonds. The number of aryl methyl sites for hydroxylation is 2. The maximum Gasteiger partial charge on any atom is 0.205 e. The van der Waals surface area contributed by atoms with Crippen LogP contribution < -0.4 is 0 Å². The molecule has 0 N–H and O–H groups in total. The van der Waals surface area contributed by atoms with Crippen molar-refractivity contribution in [2.75, 3.05) is 0 Å². The zero-order valence-corrected chi connectivity index (χ0v) is 16.1. The van der Waals surface area contributed by atoms with Crippen LogP contribution >= 0.6 is 11.8 Å². The predicted molar refractivity (Wildman–Crippen MR) is 106 cm³/mol. The van der Waals surface area contributed by atoms with Gasteiger partial charge in [0.15, 0.2) is 5.16 Å². The van der Waals surface area contributed by atoms with E-state index in [-0.39, 0.29) is 0 Å². The van der Waals surface area contributed by atoms with Crippen LogP contribution in [-0.2, 0) is 12.2 Å². The summed E-state index contributed by atoms with van der Waals surface area (Å²) in [5.74, 6) is 3.10. The summed E-state index contributed by atoms with van der Waals surface area (Å²) in [5, 5.41) is 9.74. The lowest BCUT2D eigenvalue weighted by atomic mass is 10.1. The molecule has 0 saturated carbocycles. The Morgan fingerprint density at radius 3 is 2.30 bits per heavy atom. The van der Waals surface area contributed by atoms with Crippen molar-refractivity contribution in [1.82, 2.24) is 19.7 Å². The SMILES string of the molecule is Cc1nc(CSc2nnc(Cc3ccccc3)n2-c2ccccc2)oc1C. The van der Waals surface area contributed by atoms with Gasteiger partial charge in [-0.2, -0.15) is 0 Å². The molecular weight excluding hydrogens is 356 g/mol. The van der Waals surface area contributed by atoms with E-state index in [1.165, 1.54) is 5.56 Å². The van der Waals surface area contributed by atoms with Gasteiger partial charge in [-0.1, -0.05) is 60.3 Å². The average molecular weight is 376 g/mol. The number of benzene rings is 2. The first-order chi connectivity index (χ1) is 13.2. The van der Waals surface area contributed by atoms with Crippen molar-refractivity contribution in [2.45, 2.75) is 31.2 Å². The second-order valence-electron chi connectivity index (χ2n) is 6.27. The number of para-hydroxylation sites is 1. The van der Waals surface area contributed by atoms with E-state index in [0.29, 0.717) is 11.6 Å². The number of thioether (sulfide) groups is 1. The van der Waals surface area contributed by atoms with E-state index in [9.17, 15) is 0 Å². The minimum Gasteiger partial charge on any atom is -0.445 e. The Bertz CT molecular complexity index is 1010. The maximum atomic E-state index is 5.69. The summed E-state index contributed by atoms with van der Waals surface area (Å²) in [6.45, 7) is 3.89. The van der Waals surface area contributed by atoms with Gasteiger partial charge in [-0.3, -0.25) is 4.57 Å². The fourth-order valence-electron chi connectivity index (χ4n) is 2.85. The number of aromatic nitrogens is 4. The highest BCUT2D eigenvalue weighted by molar-refractivity contribution is 7.98. The van der Waals surface area contributed by atoms with Crippen LogP contribution in [0.1, 0.15) is 28.7 Å². The lowest BCUT2D eigenvalue weighted by molar-refractivity contribution is 0.489. The van der Waals surface area contributed by atoms with Crippen molar-refractivity contribution >= 4 is 11.8 Å². The van der Waals surface area contributed by atoms with E-state index in [2.05, 4.69) is 44.0 Å². The van der Waals surface area contributed by atoms with Gasteiger partial charge < -0.3 is 4.42 Å². The van der Waals surface area contributed by atoms with E-state index in [1.54, 1.807) is 11.8 Å². The number of rotatable bonds is 6. The van der Waals surface area contributed by atoms with Crippen molar-refractivity contribution in [1.29, 1.82) is 0 Å². The molecule has 136 valence electrons. The van der Waals surface area contributed by atoms with Crippen molar-refractivity contribution in [3.05, 3.63) is 89.4 Å². The zero-order chi connectivity index (χ0) is 18.6. The van der Waals surface area contributed by atoms with Crippen LogP contribution in [0.4, 0.5) is 0 Å². The van der Waals surface area contributed by atoms with Crippen LogP contribution in [0.5, 0.6) is 0 Å². The van der Waals surface area contributed by atoms with Crippen LogP contribution in [0.2, 0.25) is 0 Å². The number of nitrogens with zero attached hydrogens (tertiary/aromatic N) is 4. The van der Waals surface area contributed by atoms with Gasteiger partial charge in [-0.25, -0.2) is 4.98 Å². The molecule has 2 aromatic heterocycles. The summed E-state index contributed by atoms with van der Waals surface area (Å²) in [7, 11) is 0. The fourth-order valence-corrected chi connectivity index (χ4v) is 3.66. The van der Waals surface area contributed by atoms with E-state index < -0.39 is 0 Å². The summed E-state index contributed by atoms with van der Waals surface area (Å²) >= 11 is 1.58. The first-order valence-electron chi connectivity index (χ1n) is 8.80.